The van der Waals surface area contributed by atoms with E-state index in [1.807, 2.05) is 41.0 Å². The number of pyridine rings is 2. The van der Waals surface area contributed by atoms with Crippen LogP contribution in [0, 0.1) is 0 Å². The highest BCUT2D eigenvalue weighted by molar-refractivity contribution is 6.32. The topological polar surface area (TPSA) is 105 Å². The third-order valence-corrected chi connectivity index (χ3v) is 5.05. The molecular formula is C23H16ClN7O2. The third-order valence-electron chi connectivity index (χ3n) is 4.73. The molecule has 9 nitrogen and oxygen atoms in total. The van der Waals surface area contributed by atoms with Gasteiger partial charge in [-0.25, -0.2) is 4.98 Å². The number of para-hydroxylation sites is 1. The van der Waals surface area contributed by atoms with Gasteiger partial charge in [0.15, 0.2) is 11.6 Å². The Morgan fingerprint density at radius 2 is 1.73 bits per heavy atom. The molecule has 0 aliphatic carbocycles. The van der Waals surface area contributed by atoms with Crippen molar-refractivity contribution in [3.05, 3.63) is 83.9 Å². The number of aromatic nitrogens is 7. The number of methoxy groups -OCH3 is 1. The summed E-state index contributed by atoms with van der Waals surface area (Å²) in [4.78, 5) is 8.16. The first-order valence-electron chi connectivity index (χ1n) is 9.85. The van der Waals surface area contributed by atoms with Crippen LogP contribution in [0.15, 0.2) is 71.5 Å². The molecule has 5 aromatic rings. The highest BCUT2D eigenvalue weighted by Crippen LogP contribution is 2.28. The number of rotatable bonds is 6. The fourth-order valence-electron chi connectivity index (χ4n) is 3.18. The summed E-state index contributed by atoms with van der Waals surface area (Å²) < 4.78 is 12.8. The smallest absolute Gasteiger partial charge is 0.248 e. The Kier molecular flexibility index (Phi) is 5.61. The van der Waals surface area contributed by atoms with Crippen molar-refractivity contribution in [2.45, 2.75) is 0 Å². The van der Waals surface area contributed by atoms with Crippen LogP contribution in [-0.4, -0.2) is 42.0 Å². The minimum absolute atomic E-state index is 0.306. The van der Waals surface area contributed by atoms with E-state index in [4.69, 9.17) is 20.8 Å². The molecule has 0 amide bonds. The van der Waals surface area contributed by atoms with Gasteiger partial charge in [-0.1, -0.05) is 23.7 Å². The average molecular weight is 458 g/mol. The molecule has 0 aliphatic rings. The predicted octanol–water partition coefficient (Wildman–Crippen LogP) is 4.61. The minimum atomic E-state index is 0.306. The Bertz CT molecular complexity index is 1430. The molecule has 0 saturated carbocycles. The van der Waals surface area contributed by atoms with Crippen molar-refractivity contribution in [2.24, 2.45) is 0 Å². The first-order chi connectivity index (χ1) is 16.2. The molecule has 162 valence electrons. The summed E-state index contributed by atoms with van der Waals surface area (Å²) >= 11 is 6.49. The third kappa shape index (κ3) is 4.21. The number of nitrogens with zero attached hydrogens (tertiary/aromatic N) is 7. The van der Waals surface area contributed by atoms with E-state index in [2.05, 4.69) is 30.4 Å². The molecule has 0 unspecified atom stereocenters. The summed E-state index contributed by atoms with van der Waals surface area (Å²) in [5.74, 6) is 2.28. The fraction of sp³-hybridized carbons (Fsp3) is 0.0435. The molecule has 0 fully saturated rings. The van der Waals surface area contributed by atoms with Gasteiger partial charge in [0.2, 0.25) is 17.7 Å². The Morgan fingerprint density at radius 1 is 0.909 bits per heavy atom. The van der Waals surface area contributed by atoms with Gasteiger partial charge in [0, 0.05) is 41.9 Å². The van der Waals surface area contributed by atoms with E-state index < -0.39 is 0 Å². The van der Waals surface area contributed by atoms with Crippen molar-refractivity contribution < 1.29 is 9.15 Å². The molecule has 4 heterocycles. The van der Waals surface area contributed by atoms with E-state index in [9.17, 15) is 0 Å². The van der Waals surface area contributed by atoms with Crippen molar-refractivity contribution in [1.29, 1.82) is 0 Å². The maximum absolute atomic E-state index is 6.49. The highest BCUT2D eigenvalue weighted by atomic mass is 35.5. The molecule has 0 atom stereocenters. The van der Waals surface area contributed by atoms with Gasteiger partial charge < -0.3 is 9.15 Å². The molecule has 0 N–H and O–H groups in total. The van der Waals surface area contributed by atoms with Crippen molar-refractivity contribution in [3.8, 4) is 34.4 Å². The average Bonchev–Trinajstić information content (AvgIpc) is 3.51. The zero-order chi connectivity index (χ0) is 22.6. The summed E-state index contributed by atoms with van der Waals surface area (Å²) in [6.07, 6.45) is 8.42. The normalized spacial score (nSPS) is 11.2. The lowest BCUT2D eigenvalue weighted by atomic mass is 10.2. The molecule has 1 aromatic carbocycles. The molecule has 5 rings (SSSR count). The zero-order valence-corrected chi connectivity index (χ0v) is 18.1. The van der Waals surface area contributed by atoms with Gasteiger partial charge in [0.1, 0.15) is 0 Å². The molecule has 0 spiro atoms. The van der Waals surface area contributed by atoms with Crippen molar-refractivity contribution in [2.75, 3.05) is 7.11 Å². The summed E-state index contributed by atoms with van der Waals surface area (Å²) in [6.45, 7) is 0. The van der Waals surface area contributed by atoms with Crippen LogP contribution in [-0.2, 0) is 0 Å². The fourth-order valence-corrected chi connectivity index (χ4v) is 3.40. The number of ether oxygens (including phenoxy) is 1. The van der Waals surface area contributed by atoms with E-state index >= 15 is 0 Å². The predicted molar refractivity (Wildman–Crippen MR) is 123 cm³/mol. The molecule has 0 radical (unpaired) electrons. The number of hydrogen-bond acceptors (Lipinski definition) is 8. The Labute approximate surface area is 193 Å². The van der Waals surface area contributed by atoms with Crippen LogP contribution in [0.3, 0.4) is 0 Å². The summed E-state index contributed by atoms with van der Waals surface area (Å²) in [5, 5.41) is 17.5. The minimum Gasteiger partial charge on any atom is -0.481 e. The van der Waals surface area contributed by atoms with Crippen LogP contribution in [0.1, 0.15) is 11.7 Å². The van der Waals surface area contributed by atoms with Crippen LogP contribution in [0.5, 0.6) is 5.88 Å². The van der Waals surface area contributed by atoms with Gasteiger partial charge in [-0.05, 0) is 36.4 Å². The van der Waals surface area contributed by atoms with Crippen LogP contribution in [0.25, 0.3) is 40.7 Å². The van der Waals surface area contributed by atoms with Crippen molar-refractivity contribution in [1.82, 2.24) is 34.9 Å². The van der Waals surface area contributed by atoms with Crippen LogP contribution < -0.4 is 4.74 Å². The molecular weight excluding hydrogens is 442 g/mol. The standard InChI is InChI=1S/C23H16ClN7O2/c1-32-21-14-16(10-13-26-21)23-30-28-20(33-23)7-6-19-27-29-22(15-8-11-25-12-9-15)31(19)18-5-3-2-4-17(18)24/h2-14H,1H3. The lowest BCUT2D eigenvalue weighted by Gasteiger charge is -2.10. The maximum atomic E-state index is 6.49. The van der Waals surface area contributed by atoms with Crippen LogP contribution in [0.4, 0.5) is 0 Å². The Morgan fingerprint density at radius 3 is 2.55 bits per heavy atom. The van der Waals surface area contributed by atoms with Crippen molar-refractivity contribution >= 4 is 23.8 Å². The number of halogens is 1. The maximum Gasteiger partial charge on any atom is 0.248 e. The summed E-state index contributed by atoms with van der Waals surface area (Å²) in [6, 6.07) is 14.7. The van der Waals surface area contributed by atoms with Gasteiger partial charge in [0.25, 0.3) is 0 Å². The monoisotopic (exact) mass is 457 g/mol. The first kappa shape index (κ1) is 20.5. The first-order valence-corrected chi connectivity index (χ1v) is 10.2. The second kappa shape index (κ2) is 9.01. The van der Waals surface area contributed by atoms with Crippen LogP contribution in [0.2, 0.25) is 5.02 Å². The van der Waals surface area contributed by atoms with Gasteiger partial charge in [-0.3, -0.25) is 9.55 Å². The van der Waals surface area contributed by atoms with Gasteiger partial charge in [0.05, 0.1) is 17.8 Å². The van der Waals surface area contributed by atoms with E-state index in [-0.39, 0.29) is 0 Å². The second-order valence-electron chi connectivity index (χ2n) is 6.77. The number of hydrogen-bond donors (Lipinski definition) is 0. The molecule has 0 saturated heterocycles. The van der Waals surface area contributed by atoms with E-state index in [0.29, 0.717) is 39.9 Å². The lowest BCUT2D eigenvalue weighted by molar-refractivity contribution is 0.398. The Hall–Kier alpha value is -4.37. The second-order valence-corrected chi connectivity index (χ2v) is 7.18. The van der Waals surface area contributed by atoms with E-state index in [1.165, 1.54) is 0 Å². The van der Waals surface area contributed by atoms with Gasteiger partial charge >= 0.3 is 0 Å². The molecule has 4 aromatic heterocycles. The van der Waals surface area contributed by atoms with E-state index in [1.54, 1.807) is 50.0 Å². The highest BCUT2D eigenvalue weighted by Gasteiger charge is 2.16. The molecule has 0 aliphatic heterocycles. The molecule has 33 heavy (non-hydrogen) atoms. The van der Waals surface area contributed by atoms with E-state index in [0.717, 1.165) is 11.3 Å². The lowest BCUT2D eigenvalue weighted by Crippen LogP contribution is -2.01. The van der Waals surface area contributed by atoms with Gasteiger partial charge in [-0.2, -0.15) is 0 Å². The number of benzene rings is 1. The largest absolute Gasteiger partial charge is 0.481 e. The zero-order valence-electron chi connectivity index (χ0n) is 17.3. The van der Waals surface area contributed by atoms with Gasteiger partial charge in [-0.15, -0.1) is 20.4 Å². The molecule has 0 bridgehead atoms. The Balaban J connectivity index is 1.52. The summed E-state index contributed by atoms with van der Waals surface area (Å²) in [5.41, 5.74) is 2.29. The van der Waals surface area contributed by atoms with Crippen LogP contribution >= 0.6 is 11.6 Å². The quantitative estimate of drug-likeness (QED) is 0.364. The summed E-state index contributed by atoms with van der Waals surface area (Å²) in [7, 11) is 1.55. The van der Waals surface area contributed by atoms with Crippen molar-refractivity contribution in [3.63, 3.8) is 0 Å². The molecule has 10 heteroatoms. The SMILES string of the molecule is COc1cc(-c2nnc(C=Cc3nnc(-c4ccncc4)n3-c3ccccc3Cl)o2)ccn1.